The molecule has 3 heterocycles. The monoisotopic (exact) mass is 352 g/mol. The van der Waals surface area contributed by atoms with Crippen molar-refractivity contribution in [1.82, 2.24) is 10.2 Å². The lowest BCUT2D eigenvalue weighted by atomic mass is 10.1. The van der Waals surface area contributed by atoms with Crippen molar-refractivity contribution in [3.63, 3.8) is 0 Å². The van der Waals surface area contributed by atoms with Gasteiger partial charge < -0.3 is 14.2 Å². The summed E-state index contributed by atoms with van der Waals surface area (Å²) in [7, 11) is 0. The largest absolute Gasteiger partial charge is 0.468 e. The summed E-state index contributed by atoms with van der Waals surface area (Å²) >= 11 is 3.33. The van der Waals surface area contributed by atoms with E-state index in [1.54, 1.807) is 6.26 Å². The maximum atomic E-state index is 5.64. The summed E-state index contributed by atoms with van der Waals surface area (Å²) in [6.45, 7) is 3.90. The van der Waals surface area contributed by atoms with Crippen LogP contribution in [0.15, 0.2) is 44.0 Å². The molecule has 3 rings (SSSR count). The molecule has 0 radical (unpaired) electrons. The van der Waals surface area contributed by atoms with Gasteiger partial charge in [-0.3, -0.25) is 4.90 Å². The maximum Gasteiger partial charge on any atom is 0.169 e. The molecule has 0 bridgehead atoms. The summed E-state index contributed by atoms with van der Waals surface area (Å²) in [5, 5.41) is 3.48. The summed E-state index contributed by atoms with van der Waals surface area (Å²) in [5.74, 6) is 1.99. The first-order valence-electron chi connectivity index (χ1n) is 7.55. The molecule has 1 unspecified atom stereocenters. The van der Waals surface area contributed by atoms with Crippen LogP contribution in [0.4, 0.5) is 0 Å². The second-order valence-electron chi connectivity index (χ2n) is 5.46. The van der Waals surface area contributed by atoms with Gasteiger partial charge in [-0.1, -0.05) is 6.42 Å². The smallest absolute Gasteiger partial charge is 0.169 e. The zero-order valence-electron chi connectivity index (χ0n) is 12.1. The van der Waals surface area contributed by atoms with Crippen LogP contribution in [0.3, 0.4) is 0 Å². The average molecular weight is 353 g/mol. The Bertz CT molecular complexity index is 532. The van der Waals surface area contributed by atoms with Gasteiger partial charge in [-0.2, -0.15) is 0 Å². The quantitative estimate of drug-likeness (QED) is 0.854. The lowest BCUT2D eigenvalue weighted by Gasteiger charge is -2.33. The summed E-state index contributed by atoms with van der Waals surface area (Å²) in [4.78, 5) is 2.52. The number of nitrogens with zero attached hydrogens (tertiary/aromatic N) is 1. The van der Waals surface area contributed by atoms with E-state index >= 15 is 0 Å². The Balaban J connectivity index is 1.59. The minimum absolute atomic E-state index is 0.304. The Morgan fingerprint density at radius 3 is 2.71 bits per heavy atom. The summed E-state index contributed by atoms with van der Waals surface area (Å²) in [6.07, 6.45) is 5.66. The molecular weight excluding hydrogens is 332 g/mol. The molecule has 0 saturated carbocycles. The second-order valence-corrected chi connectivity index (χ2v) is 6.25. The van der Waals surface area contributed by atoms with Gasteiger partial charge in [0, 0.05) is 6.54 Å². The minimum atomic E-state index is 0.304. The molecular formula is C16H21BrN2O2. The van der Waals surface area contributed by atoms with Gasteiger partial charge in [-0.25, -0.2) is 0 Å². The molecule has 1 aliphatic rings. The van der Waals surface area contributed by atoms with Crippen LogP contribution in [-0.2, 0) is 6.54 Å². The van der Waals surface area contributed by atoms with Crippen LogP contribution in [0.1, 0.15) is 36.8 Å². The molecule has 4 nitrogen and oxygen atoms in total. The number of piperidine rings is 1. The lowest BCUT2D eigenvalue weighted by Crippen LogP contribution is -2.38. The molecule has 1 atom stereocenters. The van der Waals surface area contributed by atoms with Gasteiger partial charge in [0.2, 0.25) is 0 Å². The van der Waals surface area contributed by atoms with Gasteiger partial charge >= 0.3 is 0 Å². The molecule has 2 aromatic rings. The number of hydrogen-bond donors (Lipinski definition) is 1. The van der Waals surface area contributed by atoms with Crippen LogP contribution >= 0.6 is 15.9 Å². The predicted molar refractivity (Wildman–Crippen MR) is 85.0 cm³/mol. The molecule has 5 heteroatoms. The second kappa shape index (κ2) is 7.29. The molecule has 2 aromatic heterocycles. The van der Waals surface area contributed by atoms with Gasteiger partial charge in [0.1, 0.15) is 11.5 Å². The van der Waals surface area contributed by atoms with Gasteiger partial charge in [-0.05, 0) is 66.1 Å². The summed E-state index contributed by atoms with van der Waals surface area (Å²) in [5.41, 5.74) is 0. The van der Waals surface area contributed by atoms with Crippen LogP contribution in [0.5, 0.6) is 0 Å². The third-order valence-electron chi connectivity index (χ3n) is 3.97. The molecule has 21 heavy (non-hydrogen) atoms. The van der Waals surface area contributed by atoms with Crippen molar-refractivity contribution in [3.8, 4) is 0 Å². The van der Waals surface area contributed by atoms with Crippen molar-refractivity contribution < 1.29 is 8.83 Å². The molecule has 1 N–H and O–H groups in total. The highest BCUT2D eigenvalue weighted by Gasteiger charge is 2.24. The van der Waals surface area contributed by atoms with Crippen LogP contribution in [0.2, 0.25) is 0 Å². The molecule has 0 spiro atoms. The Labute approximate surface area is 133 Å². The van der Waals surface area contributed by atoms with E-state index in [0.717, 1.165) is 42.4 Å². The fraction of sp³-hybridized carbons (Fsp3) is 0.500. The number of furan rings is 2. The van der Waals surface area contributed by atoms with E-state index in [4.69, 9.17) is 8.83 Å². The fourth-order valence-corrected chi connectivity index (χ4v) is 3.24. The highest BCUT2D eigenvalue weighted by molar-refractivity contribution is 9.10. The van der Waals surface area contributed by atoms with Crippen molar-refractivity contribution in [3.05, 3.63) is 46.7 Å². The van der Waals surface area contributed by atoms with Gasteiger partial charge in [0.25, 0.3) is 0 Å². The molecule has 114 valence electrons. The van der Waals surface area contributed by atoms with Crippen molar-refractivity contribution in [2.75, 3.05) is 19.6 Å². The summed E-state index contributed by atoms with van der Waals surface area (Å²) in [6, 6.07) is 8.25. The SMILES string of the molecule is Brc1ccc(CNCC(c2ccco2)N2CCCCC2)o1. The highest BCUT2D eigenvalue weighted by atomic mass is 79.9. The third-order valence-corrected chi connectivity index (χ3v) is 4.40. The summed E-state index contributed by atoms with van der Waals surface area (Å²) < 4.78 is 11.9. The van der Waals surface area contributed by atoms with E-state index in [1.807, 2.05) is 18.2 Å². The first-order chi connectivity index (χ1) is 10.3. The average Bonchev–Trinajstić information content (AvgIpc) is 3.16. The Hall–Kier alpha value is -1.04. The Morgan fingerprint density at radius 1 is 1.19 bits per heavy atom. The van der Waals surface area contributed by atoms with E-state index in [0.29, 0.717) is 6.04 Å². The molecule has 0 aliphatic carbocycles. The topological polar surface area (TPSA) is 41.6 Å². The number of likely N-dealkylation sites (tertiary alicyclic amines) is 1. The lowest BCUT2D eigenvalue weighted by molar-refractivity contribution is 0.142. The Kier molecular flexibility index (Phi) is 5.17. The first-order valence-corrected chi connectivity index (χ1v) is 8.34. The Morgan fingerprint density at radius 2 is 2.05 bits per heavy atom. The van der Waals surface area contributed by atoms with E-state index < -0.39 is 0 Å². The van der Waals surface area contributed by atoms with Crippen LogP contribution in [-0.4, -0.2) is 24.5 Å². The maximum absolute atomic E-state index is 5.64. The van der Waals surface area contributed by atoms with Crippen molar-refractivity contribution in [2.45, 2.75) is 31.8 Å². The van der Waals surface area contributed by atoms with Crippen molar-refractivity contribution in [1.29, 1.82) is 0 Å². The van der Waals surface area contributed by atoms with E-state index in [9.17, 15) is 0 Å². The van der Waals surface area contributed by atoms with E-state index in [2.05, 4.69) is 32.2 Å². The number of nitrogens with one attached hydrogen (secondary N) is 1. The van der Waals surface area contributed by atoms with Gasteiger partial charge in [0.15, 0.2) is 4.67 Å². The highest BCUT2D eigenvalue weighted by Crippen LogP contribution is 2.24. The minimum Gasteiger partial charge on any atom is -0.468 e. The van der Waals surface area contributed by atoms with E-state index in [1.165, 1.54) is 19.3 Å². The molecule has 0 amide bonds. The first kappa shape index (κ1) is 14.9. The molecule has 1 aliphatic heterocycles. The van der Waals surface area contributed by atoms with Gasteiger partial charge in [0.05, 0.1) is 18.8 Å². The van der Waals surface area contributed by atoms with E-state index in [-0.39, 0.29) is 0 Å². The number of hydrogen-bond acceptors (Lipinski definition) is 4. The molecule has 0 aromatic carbocycles. The standard InChI is InChI=1S/C16H21BrN2O2/c17-16-7-6-13(21-16)11-18-12-14(15-5-4-10-20-15)19-8-2-1-3-9-19/h4-7,10,14,18H,1-3,8-9,11-12H2. The number of halogens is 1. The normalized spacial score (nSPS) is 18.0. The van der Waals surface area contributed by atoms with Crippen molar-refractivity contribution in [2.24, 2.45) is 0 Å². The van der Waals surface area contributed by atoms with Crippen LogP contribution in [0.25, 0.3) is 0 Å². The zero-order chi connectivity index (χ0) is 14.5. The van der Waals surface area contributed by atoms with Crippen LogP contribution in [0, 0.1) is 0 Å². The zero-order valence-corrected chi connectivity index (χ0v) is 13.6. The number of rotatable bonds is 6. The van der Waals surface area contributed by atoms with Crippen molar-refractivity contribution >= 4 is 15.9 Å². The third kappa shape index (κ3) is 3.99. The molecule has 1 fully saturated rings. The van der Waals surface area contributed by atoms with Crippen LogP contribution < -0.4 is 5.32 Å². The van der Waals surface area contributed by atoms with Gasteiger partial charge in [-0.15, -0.1) is 0 Å². The fourth-order valence-electron chi connectivity index (χ4n) is 2.90. The predicted octanol–water partition coefficient (Wildman–Crippen LogP) is 3.95. The molecule has 1 saturated heterocycles.